The Hall–Kier alpha value is -1.49. The molecule has 2 aliphatic heterocycles. The summed E-state index contributed by atoms with van der Waals surface area (Å²) >= 11 is 1.57. The van der Waals surface area contributed by atoms with E-state index in [-0.39, 0.29) is 6.17 Å². The summed E-state index contributed by atoms with van der Waals surface area (Å²) in [4.78, 5) is 16.3. The van der Waals surface area contributed by atoms with Gasteiger partial charge in [-0.05, 0) is 30.7 Å². The van der Waals surface area contributed by atoms with Crippen LogP contribution in [0.2, 0.25) is 0 Å². The maximum absolute atomic E-state index is 11.8. The zero-order valence-electron chi connectivity index (χ0n) is 14.3. The van der Waals surface area contributed by atoms with Crippen LogP contribution in [0.15, 0.2) is 22.3 Å². The quantitative estimate of drug-likeness (QED) is 0.705. The topological polar surface area (TPSA) is 76.8 Å². The van der Waals surface area contributed by atoms with Crippen LogP contribution in [0.5, 0.6) is 0 Å². The lowest BCUT2D eigenvalue weighted by Gasteiger charge is -2.44. The molecule has 7 heteroatoms. The molecular weight excluding hydrogens is 326 g/mol. The van der Waals surface area contributed by atoms with Crippen LogP contribution in [0.3, 0.4) is 0 Å². The van der Waals surface area contributed by atoms with Crippen LogP contribution in [0.4, 0.5) is 0 Å². The molecule has 0 amide bonds. The maximum atomic E-state index is 11.8. The monoisotopic (exact) mass is 351 g/mol. The summed E-state index contributed by atoms with van der Waals surface area (Å²) in [6.07, 6.45) is 3.28. The predicted octanol–water partition coefficient (Wildman–Crippen LogP) is 2.26. The average molecular weight is 351 g/mol. The van der Waals surface area contributed by atoms with Gasteiger partial charge >= 0.3 is 5.97 Å². The number of morpholine rings is 1. The van der Waals surface area contributed by atoms with Crippen LogP contribution in [-0.2, 0) is 9.53 Å². The highest BCUT2D eigenvalue weighted by atomic mass is 32.2. The molecule has 0 spiro atoms. The van der Waals surface area contributed by atoms with E-state index in [2.05, 4.69) is 15.9 Å². The number of ether oxygens (including phenoxy) is 1. The first-order chi connectivity index (χ1) is 11.6. The molecule has 6 nitrogen and oxygen atoms in total. The molecule has 1 fully saturated rings. The Kier molecular flexibility index (Phi) is 7.16. The molecule has 0 radical (unpaired) electrons. The Bertz CT molecular complexity index is 562. The molecular formula is C17H25N3O3S. The smallest absolute Gasteiger partial charge is 0.338 e. The van der Waals surface area contributed by atoms with Gasteiger partial charge in [0.1, 0.15) is 6.17 Å². The second-order valence-electron chi connectivity index (χ2n) is 5.79. The van der Waals surface area contributed by atoms with E-state index >= 15 is 0 Å². The van der Waals surface area contributed by atoms with Crippen molar-refractivity contribution in [1.82, 2.24) is 9.80 Å². The summed E-state index contributed by atoms with van der Waals surface area (Å²) < 4.78 is 5.45. The summed E-state index contributed by atoms with van der Waals surface area (Å²) in [6, 6.07) is 2.18. The molecule has 0 aliphatic carbocycles. The molecule has 132 valence electrons. The van der Waals surface area contributed by atoms with Gasteiger partial charge in [0.05, 0.1) is 29.9 Å². The number of rotatable bonds is 7. The summed E-state index contributed by atoms with van der Waals surface area (Å²) in [7, 11) is 0. The summed E-state index contributed by atoms with van der Waals surface area (Å²) in [5.74, 6) is -0.0744. The highest BCUT2D eigenvalue weighted by Gasteiger charge is 2.34. The second kappa shape index (κ2) is 9.11. The first-order valence-corrected chi connectivity index (χ1v) is 9.33. The molecule has 0 aromatic heterocycles. The van der Waals surface area contributed by atoms with E-state index in [1.54, 1.807) is 11.8 Å². The number of hydrogen-bond donors (Lipinski definition) is 1. The van der Waals surface area contributed by atoms with E-state index < -0.39 is 5.97 Å². The van der Waals surface area contributed by atoms with Gasteiger partial charge in [-0.25, -0.2) is 4.79 Å². The molecule has 1 atom stereocenters. The highest BCUT2D eigenvalue weighted by molar-refractivity contribution is 8.03. The highest BCUT2D eigenvalue weighted by Crippen LogP contribution is 2.36. The Morgan fingerprint density at radius 2 is 2.21 bits per heavy atom. The summed E-state index contributed by atoms with van der Waals surface area (Å²) in [6.45, 7) is 7.63. The maximum Gasteiger partial charge on any atom is 0.338 e. The first-order valence-electron chi connectivity index (χ1n) is 8.34. The molecule has 1 unspecified atom stereocenters. The zero-order chi connectivity index (χ0) is 17.5. The van der Waals surface area contributed by atoms with E-state index in [1.807, 2.05) is 19.9 Å². The minimum Gasteiger partial charge on any atom is -0.478 e. The molecule has 2 aliphatic rings. The molecule has 2 rings (SSSR count). The Morgan fingerprint density at radius 1 is 1.50 bits per heavy atom. The van der Waals surface area contributed by atoms with Crippen molar-refractivity contribution in [2.75, 3.05) is 38.6 Å². The van der Waals surface area contributed by atoms with Gasteiger partial charge < -0.3 is 14.7 Å². The summed E-state index contributed by atoms with van der Waals surface area (Å²) in [5, 5.41) is 19.3. The molecule has 2 heterocycles. The third-order valence-electron chi connectivity index (χ3n) is 4.19. The van der Waals surface area contributed by atoms with Crippen molar-refractivity contribution >= 4 is 17.7 Å². The van der Waals surface area contributed by atoms with E-state index in [0.717, 1.165) is 35.9 Å². The van der Waals surface area contributed by atoms with Gasteiger partial charge in [0, 0.05) is 26.1 Å². The minimum atomic E-state index is -0.884. The fourth-order valence-corrected chi connectivity index (χ4v) is 4.12. The lowest BCUT2D eigenvalue weighted by Crippen LogP contribution is -2.52. The normalized spacial score (nSPS) is 22.3. The number of unbranched alkanes of at least 4 members (excludes halogenated alkanes) is 1. The van der Waals surface area contributed by atoms with Crippen molar-refractivity contribution in [3.63, 3.8) is 0 Å². The van der Waals surface area contributed by atoms with Crippen LogP contribution < -0.4 is 0 Å². The molecule has 1 saturated heterocycles. The largest absolute Gasteiger partial charge is 0.478 e. The number of carboxylic acid groups (broad SMARTS) is 1. The van der Waals surface area contributed by atoms with Gasteiger partial charge in [0.15, 0.2) is 0 Å². The second-order valence-corrected chi connectivity index (χ2v) is 7.04. The van der Waals surface area contributed by atoms with Gasteiger partial charge in [0.2, 0.25) is 0 Å². The van der Waals surface area contributed by atoms with Crippen molar-refractivity contribution in [2.45, 2.75) is 32.9 Å². The molecule has 0 aromatic carbocycles. The van der Waals surface area contributed by atoms with Crippen LogP contribution in [0.1, 0.15) is 26.7 Å². The lowest BCUT2D eigenvalue weighted by atomic mass is 10.0. The van der Waals surface area contributed by atoms with Crippen molar-refractivity contribution in [1.29, 1.82) is 5.26 Å². The van der Waals surface area contributed by atoms with E-state index in [1.165, 1.54) is 0 Å². The molecule has 0 aromatic rings. The first kappa shape index (κ1) is 18.8. The van der Waals surface area contributed by atoms with Gasteiger partial charge in [-0.2, -0.15) is 5.26 Å². The number of aliphatic carboxylic acids is 1. The van der Waals surface area contributed by atoms with Crippen molar-refractivity contribution in [3.8, 4) is 6.07 Å². The number of thioether (sulfide) groups is 1. The Morgan fingerprint density at radius 3 is 2.79 bits per heavy atom. The van der Waals surface area contributed by atoms with Crippen molar-refractivity contribution in [3.05, 3.63) is 22.3 Å². The standard InChI is InChI=1S/C17H25N3O3S/c1-3-24-16-15(17(21)22)13(2)12-14(19-8-10-23-11-9-19)20(16)7-5-4-6-18/h12,14H,3-5,7-11H2,1-2H3,(H,21,22). The average Bonchev–Trinajstić information content (AvgIpc) is 2.57. The number of carboxylic acids is 1. The number of carbonyl (C=O) groups is 1. The van der Waals surface area contributed by atoms with Crippen LogP contribution in [-0.4, -0.2) is 65.6 Å². The Labute approximate surface area is 147 Å². The van der Waals surface area contributed by atoms with Gasteiger partial charge in [-0.1, -0.05) is 6.92 Å². The Balaban J connectivity index is 2.35. The van der Waals surface area contributed by atoms with Crippen LogP contribution in [0.25, 0.3) is 0 Å². The predicted molar refractivity (Wildman–Crippen MR) is 94.3 cm³/mol. The van der Waals surface area contributed by atoms with Gasteiger partial charge in [-0.15, -0.1) is 11.8 Å². The minimum absolute atomic E-state index is 0.0322. The molecule has 0 saturated carbocycles. The van der Waals surface area contributed by atoms with Crippen LogP contribution in [0, 0.1) is 11.3 Å². The van der Waals surface area contributed by atoms with Crippen molar-refractivity contribution in [2.24, 2.45) is 0 Å². The third kappa shape index (κ3) is 4.32. The van der Waals surface area contributed by atoms with Gasteiger partial charge in [-0.3, -0.25) is 4.90 Å². The van der Waals surface area contributed by atoms with Crippen LogP contribution >= 0.6 is 11.8 Å². The van der Waals surface area contributed by atoms with E-state index in [4.69, 9.17) is 10.00 Å². The lowest BCUT2D eigenvalue weighted by molar-refractivity contribution is -0.132. The van der Waals surface area contributed by atoms with Crippen molar-refractivity contribution < 1.29 is 14.6 Å². The number of hydrogen-bond acceptors (Lipinski definition) is 6. The zero-order valence-corrected chi connectivity index (χ0v) is 15.1. The summed E-state index contributed by atoms with van der Waals surface area (Å²) in [5.41, 5.74) is 1.20. The molecule has 24 heavy (non-hydrogen) atoms. The third-order valence-corrected chi connectivity index (χ3v) is 5.19. The molecule has 0 bridgehead atoms. The van der Waals surface area contributed by atoms with Gasteiger partial charge in [0.25, 0.3) is 0 Å². The number of nitriles is 1. The molecule has 1 N–H and O–H groups in total. The number of nitrogens with zero attached hydrogens (tertiary/aromatic N) is 3. The SMILES string of the molecule is CCSC1=C(C(=O)O)C(C)=CC(N2CCOCC2)N1CCCC#N. The van der Waals surface area contributed by atoms with E-state index in [0.29, 0.717) is 31.8 Å². The van der Waals surface area contributed by atoms with E-state index in [9.17, 15) is 9.90 Å². The fraction of sp³-hybridized carbons (Fsp3) is 0.647. The fourth-order valence-electron chi connectivity index (χ4n) is 3.09.